The van der Waals surface area contributed by atoms with Gasteiger partial charge in [-0.1, -0.05) is 36.4 Å². The zero-order chi connectivity index (χ0) is 13.9. The predicted molar refractivity (Wildman–Crippen MR) is 86.8 cm³/mol. The van der Waals surface area contributed by atoms with Crippen LogP contribution in [0.1, 0.15) is 18.7 Å². The van der Waals surface area contributed by atoms with E-state index in [0.717, 1.165) is 16.5 Å². The van der Waals surface area contributed by atoms with Crippen LogP contribution in [0.15, 0.2) is 47.8 Å². The number of anilines is 2. The Balaban J connectivity index is 1.91. The van der Waals surface area contributed by atoms with Crippen LogP contribution in [0.25, 0.3) is 10.8 Å². The molecule has 0 aliphatic rings. The van der Waals surface area contributed by atoms with E-state index in [2.05, 4.69) is 70.4 Å². The van der Waals surface area contributed by atoms with E-state index in [-0.39, 0.29) is 6.04 Å². The van der Waals surface area contributed by atoms with Crippen molar-refractivity contribution in [1.82, 2.24) is 10.3 Å². The van der Waals surface area contributed by atoms with E-state index in [1.807, 2.05) is 7.05 Å². The number of aromatic nitrogens is 1. The van der Waals surface area contributed by atoms with Crippen LogP contribution in [0.4, 0.5) is 10.8 Å². The molecule has 4 heteroatoms. The second kappa shape index (κ2) is 5.61. The van der Waals surface area contributed by atoms with Crippen molar-refractivity contribution in [1.29, 1.82) is 0 Å². The maximum atomic E-state index is 4.63. The van der Waals surface area contributed by atoms with Crippen molar-refractivity contribution in [2.45, 2.75) is 13.0 Å². The van der Waals surface area contributed by atoms with Gasteiger partial charge in [0.25, 0.3) is 0 Å². The van der Waals surface area contributed by atoms with Gasteiger partial charge in [-0.15, -0.1) is 11.3 Å². The molecular weight excluding hydrogens is 266 g/mol. The highest BCUT2D eigenvalue weighted by molar-refractivity contribution is 7.13. The van der Waals surface area contributed by atoms with Gasteiger partial charge >= 0.3 is 0 Å². The third-order valence-corrected chi connectivity index (χ3v) is 4.21. The van der Waals surface area contributed by atoms with Crippen molar-refractivity contribution in [2.75, 3.05) is 12.4 Å². The van der Waals surface area contributed by atoms with E-state index in [9.17, 15) is 0 Å². The molecule has 0 saturated heterocycles. The molecule has 0 spiro atoms. The van der Waals surface area contributed by atoms with E-state index in [1.54, 1.807) is 11.3 Å². The molecule has 0 fully saturated rings. The maximum absolute atomic E-state index is 4.63. The summed E-state index contributed by atoms with van der Waals surface area (Å²) in [6.07, 6.45) is 0. The zero-order valence-corrected chi connectivity index (χ0v) is 12.4. The molecule has 1 heterocycles. The van der Waals surface area contributed by atoms with Gasteiger partial charge in [0.05, 0.1) is 5.69 Å². The van der Waals surface area contributed by atoms with E-state index >= 15 is 0 Å². The summed E-state index contributed by atoms with van der Waals surface area (Å²) in [5.74, 6) is 0. The van der Waals surface area contributed by atoms with Crippen LogP contribution in [0.5, 0.6) is 0 Å². The van der Waals surface area contributed by atoms with Gasteiger partial charge in [-0.05, 0) is 25.4 Å². The SMILES string of the molecule is CNC(C)c1csc(Nc2cccc3ccccc23)n1. The zero-order valence-electron chi connectivity index (χ0n) is 11.6. The molecule has 0 amide bonds. The van der Waals surface area contributed by atoms with Crippen LogP contribution >= 0.6 is 11.3 Å². The maximum Gasteiger partial charge on any atom is 0.187 e. The molecule has 0 radical (unpaired) electrons. The Kier molecular flexibility index (Phi) is 3.67. The van der Waals surface area contributed by atoms with Crippen LogP contribution in [-0.4, -0.2) is 12.0 Å². The van der Waals surface area contributed by atoms with Crippen molar-refractivity contribution < 1.29 is 0 Å². The van der Waals surface area contributed by atoms with Gasteiger partial charge in [-0.2, -0.15) is 0 Å². The third kappa shape index (κ3) is 2.53. The molecule has 1 atom stereocenters. The number of thiazole rings is 1. The molecule has 0 bridgehead atoms. The molecular formula is C16H17N3S. The molecule has 0 saturated carbocycles. The van der Waals surface area contributed by atoms with Gasteiger partial charge in [0.2, 0.25) is 0 Å². The van der Waals surface area contributed by atoms with Crippen LogP contribution in [0, 0.1) is 0 Å². The van der Waals surface area contributed by atoms with E-state index < -0.39 is 0 Å². The highest BCUT2D eigenvalue weighted by Crippen LogP contribution is 2.28. The molecule has 1 aromatic heterocycles. The molecule has 3 nitrogen and oxygen atoms in total. The number of fused-ring (bicyclic) bond motifs is 1. The highest BCUT2D eigenvalue weighted by Gasteiger charge is 2.08. The Labute approximate surface area is 122 Å². The number of nitrogens with zero attached hydrogens (tertiary/aromatic N) is 1. The average molecular weight is 283 g/mol. The lowest BCUT2D eigenvalue weighted by atomic mass is 10.1. The molecule has 1 unspecified atom stereocenters. The molecule has 102 valence electrons. The molecule has 3 aromatic rings. The summed E-state index contributed by atoms with van der Waals surface area (Å²) >= 11 is 1.63. The van der Waals surface area contributed by atoms with E-state index in [1.165, 1.54) is 10.8 Å². The van der Waals surface area contributed by atoms with Crippen LogP contribution in [0.2, 0.25) is 0 Å². The number of hydrogen-bond donors (Lipinski definition) is 2. The van der Waals surface area contributed by atoms with E-state index in [4.69, 9.17) is 0 Å². The molecule has 2 N–H and O–H groups in total. The average Bonchev–Trinajstić information content (AvgIpc) is 2.95. The number of nitrogens with one attached hydrogen (secondary N) is 2. The number of hydrogen-bond acceptors (Lipinski definition) is 4. The van der Waals surface area contributed by atoms with Gasteiger partial charge in [0.1, 0.15) is 0 Å². The van der Waals surface area contributed by atoms with Gasteiger partial charge in [0.15, 0.2) is 5.13 Å². The van der Waals surface area contributed by atoms with Crippen LogP contribution < -0.4 is 10.6 Å². The minimum absolute atomic E-state index is 0.273. The monoisotopic (exact) mass is 283 g/mol. The smallest absolute Gasteiger partial charge is 0.187 e. The first-order valence-electron chi connectivity index (χ1n) is 6.65. The lowest BCUT2D eigenvalue weighted by molar-refractivity contribution is 0.637. The summed E-state index contributed by atoms with van der Waals surface area (Å²) < 4.78 is 0. The predicted octanol–water partition coefficient (Wildman–Crippen LogP) is 4.32. The molecule has 0 aliphatic heterocycles. The molecule has 2 aromatic carbocycles. The fourth-order valence-corrected chi connectivity index (χ4v) is 2.96. The summed E-state index contributed by atoms with van der Waals surface area (Å²) in [5.41, 5.74) is 2.17. The van der Waals surface area contributed by atoms with Gasteiger partial charge < -0.3 is 10.6 Å². The van der Waals surface area contributed by atoms with Gasteiger partial charge in [-0.25, -0.2) is 4.98 Å². The molecule has 0 aliphatic carbocycles. The first-order chi connectivity index (χ1) is 9.78. The Morgan fingerprint density at radius 1 is 1.10 bits per heavy atom. The quantitative estimate of drug-likeness (QED) is 0.748. The first-order valence-corrected chi connectivity index (χ1v) is 7.53. The number of rotatable bonds is 4. The first kappa shape index (κ1) is 13.1. The minimum atomic E-state index is 0.273. The fraction of sp³-hybridized carbons (Fsp3) is 0.188. The Morgan fingerprint density at radius 3 is 2.75 bits per heavy atom. The van der Waals surface area contributed by atoms with Gasteiger partial charge in [-0.3, -0.25) is 0 Å². The summed E-state index contributed by atoms with van der Waals surface area (Å²) in [7, 11) is 1.95. The summed E-state index contributed by atoms with van der Waals surface area (Å²) in [5, 5.41) is 12.1. The second-order valence-corrected chi connectivity index (χ2v) is 5.60. The number of benzene rings is 2. The lowest BCUT2D eigenvalue weighted by Crippen LogP contribution is -2.12. The van der Waals surface area contributed by atoms with Crippen molar-refractivity contribution in [2.24, 2.45) is 0 Å². The summed E-state index contributed by atoms with van der Waals surface area (Å²) in [4.78, 5) is 4.63. The van der Waals surface area contributed by atoms with Crippen molar-refractivity contribution >= 4 is 32.9 Å². The fourth-order valence-electron chi connectivity index (χ4n) is 2.14. The Hall–Kier alpha value is -1.91. The molecule has 3 rings (SSSR count). The topological polar surface area (TPSA) is 37.0 Å². The van der Waals surface area contributed by atoms with Crippen molar-refractivity contribution in [3.63, 3.8) is 0 Å². The molecule has 20 heavy (non-hydrogen) atoms. The van der Waals surface area contributed by atoms with Crippen LogP contribution in [-0.2, 0) is 0 Å². The minimum Gasteiger partial charge on any atom is -0.331 e. The normalized spacial score (nSPS) is 12.5. The summed E-state index contributed by atoms with van der Waals surface area (Å²) in [6, 6.07) is 14.9. The largest absolute Gasteiger partial charge is 0.331 e. The van der Waals surface area contributed by atoms with Crippen molar-refractivity contribution in [3.05, 3.63) is 53.5 Å². The third-order valence-electron chi connectivity index (χ3n) is 3.43. The van der Waals surface area contributed by atoms with Crippen LogP contribution in [0.3, 0.4) is 0 Å². The Morgan fingerprint density at radius 2 is 1.90 bits per heavy atom. The van der Waals surface area contributed by atoms with Gasteiger partial charge in [0, 0.05) is 22.5 Å². The summed E-state index contributed by atoms with van der Waals surface area (Å²) in [6.45, 7) is 2.11. The Bertz CT molecular complexity index is 715. The standard InChI is InChI=1S/C16H17N3S/c1-11(17-2)15-10-20-16(19-15)18-14-9-5-7-12-6-3-4-8-13(12)14/h3-11,17H,1-2H3,(H,18,19). The second-order valence-electron chi connectivity index (χ2n) is 4.74. The van der Waals surface area contributed by atoms with E-state index in [0.29, 0.717) is 0 Å². The van der Waals surface area contributed by atoms with Crippen molar-refractivity contribution in [3.8, 4) is 0 Å². The highest BCUT2D eigenvalue weighted by atomic mass is 32.1. The lowest BCUT2D eigenvalue weighted by Gasteiger charge is -2.08.